The van der Waals surface area contributed by atoms with Gasteiger partial charge in [0.15, 0.2) is 5.96 Å². The number of hydrogen-bond acceptors (Lipinski definition) is 4. The SMILES string of the molecule is CCNC(=NCCCC[C@@H](NC(=O)OC(C)(C)C)C(=O)O)NCC. The molecule has 0 aliphatic heterocycles. The van der Waals surface area contributed by atoms with Crippen LogP contribution in [-0.2, 0) is 9.53 Å². The quantitative estimate of drug-likeness (QED) is 0.288. The first-order valence-electron chi connectivity index (χ1n) is 8.44. The molecular formula is C16H32N4O4. The summed E-state index contributed by atoms with van der Waals surface area (Å²) in [7, 11) is 0. The van der Waals surface area contributed by atoms with Crippen molar-refractivity contribution in [2.24, 2.45) is 4.99 Å². The minimum absolute atomic E-state index is 0.335. The molecule has 0 aromatic rings. The fourth-order valence-electron chi connectivity index (χ4n) is 1.87. The van der Waals surface area contributed by atoms with Gasteiger partial charge in [0, 0.05) is 19.6 Å². The van der Waals surface area contributed by atoms with Crippen LogP contribution in [0.4, 0.5) is 4.79 Å². The van der Waals surface area contributed by atoms with Crippen molar-refractivity contribution in [2.75, 3.05) is 19.6 Å². The standard InChI is InChI=1S/C16H32N4O4/c1-6-17-14(18-7-2)19-11-9-8-10-12(13(21)22)20-15(23)24-16(3,4)5/h12H,6-11H2,1-5H3,(H,20,23)(H,21,22)(H2,17,18,19)/t12-/m1/s1. The van der Waals surface area contributed by atoms with Crippen molar-refractivity contribution >= 4 is 18.0 Å². The Morgan fingerprint density at radius 2 is 1.71 bits per heavy atom. The molecule has 0 bridgehead atoms. The minimum atomic E-state index is -1.06. The maximum Gasteiger partial charge on any atom is 0.408 e. The monoisotopic (exact) mass is 344 g/mol. The van der Waals surface area contributed by atoms with E-state index in [2.05, 4.69) is 20.9 Å². The topological polar surface area (TPSA) is 112 Å². The number of carboxylic acids is 1. The van der Waals surface area contributed by atoms with E-state index >= 15 is 0 Å². The van der Waals surface area contributed by atoms with Gasteiger partial charge in [-0.05, 0) is 53.9 Å². The molecule has 140 valence electrons. The van der Waals surface area contributed by atoms with Crippen LogP contribution in [0.1, 0.15) is 53.9 Å². The van der Waals surface area contributed by atoms with E-state index in [1.807, 2.05) is 13.8 Å². The van der Waals surface area contributed by atoms with E-state index in [1.165, 1.54) is 0 Å². The van der Waals surface area contributed by atoms with Gasteiger partial charge in [0.05, 0.1) is 0 Å². The van der Waals surface area contributed by atoms with Crippen molar-refractivity contribution in [3.63, 3.8) is 0 Å². The van der Waals surface area contributed by atoms with E-state index in [1.54, 1.807) is 20.8 Å². The summed E-state index contributed by atoms with van der Waals surface area (Å²) in [4.78, 5) is 27.3. The van der Waals surface area contributed by atoms with Gasteiger partial charge in [0.2, 0.25) is 0 Å². The van der Waals surface area contributed by atoms with Crippen LogP contribution >= 0.6 is 0 Å². The van der Waals surface area contributed by atoms with Crippen LogP contribution in [0, 0.1) is 0 Å². The molecule has 0 saturated heterocycles. The number of rotatable bonds is 9. The Hall–Kier alpha value is -1.99. The van der Waals surface area contributed by atoms with Crippen LogP contribution in [0.15, 0.2) is 4.99 Å². The Labute approximate surface area is 144 Å². The van der Waals surface area contributed by atoms with Crippen molar-refractivity contribution in [1.29, 1.82) is 0 Å². The first kappa shape index (κ1) is 22.0. The number of unbranched alkanes of at least 4 members (excludes halogenated alkanes) is 1. The van der Waals surface area contributed by atoms with Gasteiger partial charge in [0.1, 0.15) is 11.6 Å². The second-order valence-electron chi connectivity index (χ2n) is 6.32. The number of ether oxygens (including phenoxy) is 1. The van der Waals surface area contributed by atoms with Crippen LogP contribution in [0.3, 0.4) is 0 Å². The molecule has 0 aromatic heterocycles. The first-order valence-corrected chi connectivity index (χ1v) is 8.44. The molecule has 8 heteroatoms. The normalized spacial score (nSPS) is 12.0. The van der Waals surface area contributed by atoms with Crippen LogP contribution in [0.2, 0.25) is 0 Å². The summed E-state index contributed by atoms with van der Waals surface area (Å²) in [5.41, 5.74) is -0.656. The average molecular weight is 344 g/mol. The van der Waals surface area contributed by atoms with E-state index < -0.39 is 23.7 Å². The summed E-state index contributed by atoms with van der Waals surface area (Å²) in [5, 5.41) is 17.8. The van der Waals surface area contributed by atoms with Gasteiger partial charge in [-0.3, -0.25) is 4.99 Å². The Kier molecular flexibility index (Phi) is 10.6. The highest BCUT2D eigenvalue weighted by Crippen LogP contribution is 2.08. The van der Waals surface area contributed by atoms with Crippen LogP contribution < -0.4 is 16.0 Å². The zero-order valence-corrected chi connectivity index (χ0v) is 15.4. The average Bonchev–Trinajstić information content (AvgIpc) is 2.43. The lowest BCUT2D eigenvalue weighted by molar-refractivity contribution is -0.139. The Balaban J connectivity index is 4.24. The van der Waals surface area contributed by atoms with E-state index in [0.29, 0.717) is 19.4 Å². The van der Waals surface area contributed by atoms with Gasteiger partial charge < -0.3 is 25.8 Å². The van der Waals surface area contributed by atoms with E-state index in [4.69, 9.17) is 4.74 Å². The Morgan fingerprint density at radius 3 is 2.17 bits per heavy atom. The van der Waals surface area contributed by atoms with E-state index in [9.17, 15) is 14.7 Å². The van der Waals surface area contributed by atoms with Crippen LogP contribution in [0.25, 0.3) is 0 Å². The minimum Gasteiger partial charge on any atom is -0.480 e. The van der Waals surface area contributed by atoms with Gasteiger partial charge in [-0.1, -0.05) is 0 Å². The van der Waals surface area contributed by atoms with Gasteiger partial charge >= 0.3 is 12.1 Å². The van der Waals surface area contributed by atoms with E-state index in [0.717, 1.165) is 25.5 Å². The van der Waals surface area contributed by atoms with Crippen molar-refractivity contribution < 1.29 is 19.4 Å². The molecule has 0 aliphatic rings. The number of nitrogens with zero attached hydrogens (tertiary/aromatic N) is 1. The fourth-order valence-corrected chi connectivity index (χ4v) is 1.87. The molecule has 0 heterocycles. The predicted molar refractivity (Wildman–Crippen MR) is 94.3 cm³/mol. The molecule has 0 unspecified atom stereocenters. The number of guanidine groups is 1. The van der Waals surface area contributed by atoms with Crippen LogP contribution in [-0.4, -0.2) is 54.4 Å². The molecule has 0 saturated carbocycles. The molecule has 0 radical (unpaired) electrons. The molecule has 0 aliphatic carbocycles. The van der Waals surface area contributed by atoms with Crippen LogP contribution in [0.5, 0.6) is 0 Å². The second kappa shape index (κ2) is 11.5. The number of carbonyl (C=O) groups excluding carboxylic acids is 1. The third-order valence-electron chi connectivity index (χ3n) is 2.85. The molecule has 8 nitrogen and oxygen atoms in total. The van der Waals surface area contributed by atoms with Crippen molar-refractivity contribution in [3.05, 3.63) is 0 Å². The van der Waals surface area contributed by atoms with Gasteiger partial charge in [0.25, 0.3) is 0 Å². The third-order valence-corrected chi connectivity index (χ3v) is 2.85. The Bertz CT molecular complexity index is 411. The summed E-state index contributed by atoms with van der Waals surface area (Å²) in [6.45, 7) is 11.3. The lowest BCUT2D eigenvalue weighted by Gasteiger charge is -2.22. The highest BCUT2D eigenvalue weighted by Gasteiger charge is 2.23. The van der Waals surface area contributed by atoms with Gasteiger partial charge in [-0.25, -0.2) is 9.59 Å². The summed E-state index contributed by atoms with van der Waals surface area (Å²) in [5.74, 6) is -0.313. The van der Waals surface area contributed by atoms with Gasteiger partial charge in [-0.2, -0.15) is 0 Å². The summed E-state index contributed by atoms with van der Waals surface area (Å²) >= 11 is 0. The molecule has 0 rings (SSSR count). The maximum absolute atomic E-state index is 11.7. The van der Waals surface area contributed by atoms with E-state index in [-0.39, 0.29) is 0 Å². The Morgan fingerprint density at radius 1 is 1.12 bits per heavy atom. The van der Waals surface area contributed by atoms with Crippen molar-refractivity contribution in [2.45, 2.75) is 65.5 Å². The third kappa shape index (κ3) is 11.6. The molecule has 0 aromatic carbocycles. The number of hydrogen-bond donors (Lipinski definition) is 4. The molecule has 0 fully saturated rings. The zero-order valence-electron chi connectivity index (χ0n) is 15.4. The highest BCUT2D eigenvalue weighted by atomic mass is 16.6. The summed E-state index contributed by atoms with van der Waals surface area (Å²) < 4.78 is 5.08. The smallest absolute Gasteiger partial charge is 0.408 e. The first-order chi connectivity index (χ1) is 11.2. The van der Waals surface area contributed by atoms with Crippen molar-refractivity contribution in [1.82, 2.24) is 16.0 Å². The molecule has 4 N–H and O–H groups in total. The molecule has 1 atom stereocenters. The number of aliphatic imine (C=N–C) groups is 1. The number of amides is 1. The predicted octanol–water partition coefficient (Wildman–Crippen LogP) is 1.71. The number of alkyl carbamates (subject to hydrolysis) is 1. The summed E-state index contributed by atoms with van der Waals surface area (Å²) in [6, 6.07) is -0.953. The number of aliphatic carboxylic acids is 1. The molecule has 0 spiro atoms. The number of carboxylic acid groups (broad SMARTS) is 1. The number of carbonyl (C=O) groups is 2. The molecular weight excluding hydrogens is 312 g/mol. The lowest BCUT2D eigenvalue weighted by atomic mass is 10.1. The lowest BCUT2D eigenvalue weighted by Crippen LogP contribution is -2.43. The zero-order chi connectivity index (χ0) is 18.6. The van der Waals surface area contributed by atoms with Crippen molar-refractivity contribution in [3.8, 4) is 0 Å². The maximum atomic E-state index is 11.7. The largest absolute Gasteiger partial charge is 0.480 e. The number of nitrogens with one attached hydrogen (secondary N) is 3. The molecule has 1 amide bonds. The highest BCUT2D eigenvalue weighted by molar-refractivity contribution is 5.80. The molecule has 24 heavy (non-hydrogen) atoms. The van der Waals surface area contributed by atoms with Gasteiger partial charge in [-0.15, -0.1) is 0 Å². The fraction of sp³-hybridized carbons (Fsp3) is 0.812. The summed E-state index contributed by atoms with van der Waals surface area (Å²) in [6.07, 6.45) is 0.999. The second-order valence-corrected chi connectivity index (χ2v) is 6.32.